The Morgan fingerprint density at radius 1 is 1.19 bits per heavy atom. The van der Waals surface area contributed by atoms with Gasteiger partial charge in [0.2, 0.25) is 5.91 Å². The van der Waals surface area contributed by atoms with Gasteiger partial charge < -0.3 is 15.0 Å². The van der Waals surface area contributed by atoms with Crippen LogP contribution in [0.15, 0.2) is 70.7 Å². The van der Waals surface area contributed by atoms with E-state index in [1.807, 2.05) is 37.3 Å². The zero-order valence-corrected chi connectivity index (χ0v) is 17.8. The number of carbonyl (C=O) groups excluding carboxylic acids is 1. The van der Waals surface area contributed by atoms with Gasteiger partial charge >= 0.3 is 0 Å². The van der Waals surface area contributed by atoms with E-state index in [1.54, 1.807) is 35.9 Å². The Bertz CT molecular complexity index is 1250. The van der Waals surface area contributed by atoms with Crippen molar-refractivity contribution in [3.05, 3.63) is 71.1 Å². The number of thioether (sulfide) groups is 1. The van der Waals surface area contributed by atoms with Crippen LogP contribution in [0.5, 0.6) is 5.75 Å². The number of aromatic nitrogens is 4. The van der Waals surface area contributed by atoms with Crippen LogP contribution in [-0.4, -0.2) is 37.5 Å². The van der Waals surface area contributed by atoms with Gasteiger partial charge in [-0.15, -0.1) is 0 Å². The van der Waals surface area contributed by atoms with Crippen LogP contribution in [0.3, 0.4) is 0 Å². The second-order valence-corrected chi connectivity index (χ2v) is 8.04. The average Bonchev–Trinajstić information content (AvgIpc) is 3.20. The topological polar surface area (TPSA) is 102 Å². The van der Waals surface area contributed by atoms with Gasteiger partial charge in [0, 0.05) is 5.69 Å². The van der Waals surface area contributed by atoms with E-state index >= 15 is 0 Å². The number of H-pyrrole nitrogens is 1. The van der Waals surface area contributed by atoms with E-state index in [1.165, 1.54) is 18.0 Å². The lowest BCUT2D eigenvalue weighted by molar-refractivity contribution is -0.115. The van der Waals surface area contributed by atoms with E-state index in [9.17, 15) is 9.59 Å². The second kappa shape index (κ2) is 9.05. The molecule has 8 nitrogen and oxygen atoms in total. The number of nitrogens with one attached hydrogen (secondary N) is 2. The number of benzene rings is 2. The molecule has 31 heavy (non-hydrogen) atoms. The van der Waals surface area contributed by atoms with Crippen molar-refractivity contribution in [1.29, 1.82) is 0 Å². The Balaban J connectivity index is 1.52. The lowest BCUT2D eigenvalue weighted by Crippen LogP contribution is -2.23. The number of ether oxygens (including phenoxy) is 1. The van der Waals surface area contributed by atoms with Crippen LogP contribution in [0.25, 0.3) is 16.7 Å². The molecule has 158 valence electrons. The Morgan fingerprint density at radius 2 is 1.94 bits per heavy atom. The molecule has 0 radical (unpaired) electrons. The molecule has 1 amide bonds. The predicted octanol–water partition coefficient (Wildman–Crippen LogP) is 3.63. The summed E-state index contributed by atoms with van der Waals surface area (Å²) in [5, 5.41) is 7.41. The molecule has 0 aliphatic carbocycles. The van der Waals surface area contributed by atoms with E-state index in [-0.39, 0.29) is 11.5 Å². The second-order valence-electron chi connectivity index (χ2n) is 6.71. The molecule has 2 aromatic heterocycles. The van der Waals surface area contributed by atoms with Gasteiger partial charge in [-0.25, -0.2) is 9.67 Å². The molecule has 9 heteroatoms. The zero-order chi connectivity index (χ0) is 21.8. The Labute approximate surface area is 182 Å². The summed E-state index contributed by atoms with van der Waals surface area (Å²) in [4.78, 5) is 32.4. The molecule has 2 N–H and O–H groups in total. The number of para-hydroxylation sites is 1. The number of fused-ring (bicyclic) bond motifs is 1. The number of amides is 1. The molecule has 0 aliphatic heterocycles. The van der Waals surface area contributed by atoms with E-state index in [4.69, 9.17) is 4.74 Å². The molecule has 0 spiro atoms. The minimum absolute atomic E-state index is 0.200. The third-order valence-electron chi connectivity index (χ3n) is 4.51. The largest absolute Gasteiger partial charge is 0.494 e. The van der Waals surface area contributed by atoms with Crippen molar-refractivity contribution >= 4 is 34.4 Å². The summed E-state index contributed by atoms with van der Waals surface area (Å²) in [6.45, 7) is 4.25. The molecular formula is C22H21N5O3S. The SMILES string of the molecule is CCOc1ccc(NC(=O)[C@H](C)Sc2nc3c(cnn3-c3ccccc3)c(=O)[nH]2)cc1. The third kappa shape index (κ3) is 4.61. The van der Waals surface area contributed by atoms with Crippen molar-refractivity contribution in [2.24, 2.45) is 0 Å². The molecule has 0 aliphatic rings. The Morgan fingerprint density at radius 3 is 2.65 bits per heavy atom. The van der Waals surface area contributed by atoms with Crippen LogP contribution in [0.1, 0.15) is 13.8 Å². The van der Waals surface area contributed by atoms with Crippen molar-refractivity contribution in [3.63, 3.8) is 0 Å². The molecule has 0 saturated heterocycles. The molecular weight excluding hydrogens is 414 g/mol. The Kier molecular flexibility index (Phi) is 6.03. The number of rotatable bonds is 7. The van der Waals surface area contributed by atoms with Gasteiger partial charge in [-0.1, -0.05) is 30.0 Å². The van der Waals surface area contributed by atoms with Crippen molar-refractivity contribution in [3.8, 4) is 11.4 Å². The van der Waals surface area contributed by atoms with Crippen LogP contribution < -0.4 is 15.6 Å². The molecule has 1 atom stereocenters. The van der Waals surface area contributed by atoms with Gasteiger partial charge in [0.1, 0.15) is 11.1 Å². The summed E-state index contributed by atoms with van der Waals surface area (Å²) in [7, 11) is 0. The van der Waals surface area contributed by atoms with E-state index in [0.717, 1.165) is 11.4 Å². The molecule has 0 unspecified atom stereocenters. The smallest absolute Gasteiger partial charge is 0.262 e. The molecule has 2 aromatic carbocycles. The predicted molar refractivity (Wildman–Crippen MR) is 121 cm³/mol. The maximum Gasteiger partial charge on any atom is 0.262 e. The number of anilines is 1. The normalized spacial score (nSPS) is 11.9. The summed E-state index contributed by atoms with van der Waals surface area (Å²) in [6, 6.07) is 16.6. The van der Waals surface area contributed by atoms with Gasteiger partial charge in [-0.2, -0.15) is 5.10 Å². The molecule has 2 heterocycles. The summed E-state index contributed by atoms with van der Waals surface area (Å²) in [6.07, 6.45) is 1.49. The number of carbonyl (C=O) groups is 1. The molecule has 0 bridgehead atoms. The fourth-order valence-corrected chi connectivity index (χ4v) is 3.77. The number of hydrogen-bond donors (Lipinski definition) is 2. The van der Waals surface area contributed by atoms with Gasteiger partial charge in [0.25, 0.3) is 5.56 Å². The molecule has 0 fully saturated rings. The van der Waals surface area contributed by atoms with Crippen molar-refractivity contribution in [2.45, 2.75) is 24.3 Å². The van der Waals surface area contributed by atoms with E-state index in [0.29, 0.717) is 28.5 Å². The van der Waals surface area contributed by atoms with E-state index in [2.05, 4.69) is 20.4 Å². The lowest BCUT2D eigenvalue weighted by Gasteiger charge is -2.12. The van der Waals surface area contributed by atoms with Crippen LogP contribution in [0.2, 0.25) is 0 Å². The monoisotopic (exact) mass is 435 g/mol. The van der Waals surface area contributed by atoms with Gasteiger partial charge in [0.05, 0.1) is 23.7 Å². The molecule has 0 saturated carbocycles. The number of hydrogen-bond acceptors (Lipinski definition) is 6. The van der Waals surface area contributed by atoms with Crippen LogP contribution >= 0.6 is 11.8 Å². The highest BCUT2D eigenvalue weighted by atomic mass is 32.2. The fraction of sp³-hybridized carbons (Fsp3) is 0.182. The minimum Gasteiger partial charge on any atom is -0.494 e. The highest BCUT2D eigenvalue weighted by molar-refractivity contribution is 8.00. The van der Waals surface area contributed by atoms with Crippen LogP contribution in [0, 0.1) is 0 Å². The van der Waals surface area contributed by atoms with E-state index < -0.39 is 5.25 Å². The summed E-state index contributed by atoms with van der Waals surface area (Å²) < 4.78 is 7.02. The first-order valence-electron chi connectivity index (χ1n) is 9.79. The van der Waals surface area contributed by atoms with Gasteiger partial charge in [0.15, 0.2) is 10.8 Å². The van der Waals surface area contributed by atoms with Crippen molar-refractivity contribution in [1.82, 2.24) is 19.7 Å². The fourth-order valence-electron chi connectivity index (χ4n) is 2.98. The van der Waals surface area contributed by atoms with Crippen molar-refractivity contribution in [2.75, 3.05) is 11.9 Å². The highest BCUT2D eigenvalue weighted by Crippen LogP contribution is 2.23. The first-order chi connectivity index (χ1) is 15.0. The standard InChI is InChI=1S/C22H21N5O3S/c1-3-30-17-11-9-15(10-12-17)24-20(28)14(2)31-22-25-19-18(21(29)26-22)13-23-27(19)16-7-5-4-6-8-16/h4-14H,3H2,1-2H3,(H,24,28)(H,25,26,29)/t14-/m0/s1. The average molecular weight is 436 g/mol. The maximum atomic E-state index is 12.6. The summed E-state index contributed by atoms with van der Waals surface area (Å²) >= 11 is 1.17. The highest BCUT2D eigenvalue weighted by Gasteiger charge is 2.18. The van der Waals surface area contributed by atoms with Crippen LogP contribution in [-0.2, 0) is 4.79 Å². The first kappa shape index (κ1) is 20.7. The van der Waals surface area contributed by atoms with Crippen molar-refractivity contribution < 1.29 is 9.53 Å². The molecule has 4 rings (SSSR count). The lowest BCUT2D eigenvalue weighted by atomic mass is 10.3. The summed E-state index contributed by atoms with van der Waals surface area (Å²) in [5.41, 5.74) is 1.61. The first-order valence-corrected chi connectivity index (χ1v) is 10.7. The zero-order valence-electron chi connectivity index (χ0n) is 17.0. The Hall–Kier alpha value is -3.59. The van der Waals surface area contributed by atoms with Crippen LogP contribution in [0.4, 0.5) is 5.69 Å². The third-order valence-corrected chi connectivity index (χ3v) is 5.49. The van der Waals surface area contributed by atoms with Gasteiger partial charge in [-0.05, 0) is 50.2 Å². The number of nitrogens with zero attached hydrogens (tertiary/aromatic N) is 3. The quantitative estimate of drug-likeness (QED) is 0.340. The maximum absolute atomic E-state index is 12.6. The molecule has 4 aromatic rings. The minimum atomic E-state index is -0.486. The number of aromatic amines is 1. The summed E-state index contributed by atoms with van der Waals surface area (Å²) in [5.74, 6) is 0.543. The van der Waals surface area contributed by atoms with Gasteiger partial charge in [-0.3, -0.25) is 9.59 Å².